The van der Waals surface area contributed by atoms with Crippen LogP contribution in [0.4, 0.5) is 0 Å². The first-order chi connectivity index (χ1) is 15.6. The number of aliphatic carboxylic acids is 1. The molecular weight excluding hydrogens is 484 g/mol. The Morgan fingerprint density at radius 1 is 1.31 bits per heavy atom. The summed E-state index contributed by atoms with van der Waals surface area (Å²) in [5.41, 5.74) is 0.591. The summed E-state index contributed by atoms with van der Waals surface area (Å²) in [5.74, 6) is -2.99. The number of ether oxygens (including phenoxy) is 1. The van der Waals surface area contributed by atoms with Gasteiger partial charge in [0.05, 0.1) is 18.7 Å². The van der Waals surface area contributed by atoms with Crippen molar-refractivity contribution in [3.63, 3.8) is 0 Å². The molecule has 4 N–H and O–H groups in total. The van der Waals surface area contributed by atoms with E-state index in [-0.39, 0.29) is 71.2 Å². The summed E-state index contributed by atoms with van der Waals surface area (Å²) in [5, 5.41) is 49.1. The number of hydrogen-bond donors (Lipinski definition) is 4. The summed E-state index contributed by atoms with van der Waals surface area (Å²) in [6, 6.07) is 6.13. The van der Waals surface area contributed by atoms with Crippen LogP contribution >= 0.6 is 0 Å². The van der Waals surface area contributed by atoms with E-state index in [1.54, 1.807) is 38.2 Å². The van der Waals surface area contributed by atoms with Crippen LogP contribution in [0.3, 0.4) is 0 Å². The van der Waals surface area contributed by atoms with Crippen LogP contribution < -0.4 is 69.5 Å². The zero-order chi connectivity index (χ0) is 24.7. The van der Waals surface area contributed by atoms with Crippen molar-refractivity contribution < 1.29 is 103 Å². The molecule has 0 aliphatic carbocycles. The second-order valence-electron chi connectivity index (χ2n) is 7.50. The Morgan fingerprint density at radius 2 is 1.94 bits per heavy atom. The predicted octanol–water partition coefficient (Wildman–Crippen LogP) is -8.31. The molecule has 1 aromatic heterocycles. The van der Waals surface area contributed by atoms with Crippen LogP contribution in [0, 0.1) is 12.0 Å². The third kappa shape index (κ3) is 8.50. The van der Waals surface area contributed by atoms with Crippen LogP contribution in [0.25, 0.3) is 10.9 Å². The predicted molar refractivity (Wildman–Crippen MR) is 106 cm³/mol. The molecule has 35 heavy (non-hydrogen) atoms. The van der Waals surface area contributed by atoms with Crippen molar-refractivity contribution >= 4 is 28.9 Å². The molecule has 12 nitrogen and oxygen atoms in total. The number of aliphatic hydroxyl groups is 3. The number of amides is 1. The summed E-state index contributed by atoms with van der Waals surface area (Å²) in [4.78, 5) is 40.2. The van der Waals surface area contributed by atoms with Gasteiger partial charge in [-0.1, -0.05) is 19.2 Å². The number of aliphatic hydroxyl groups excluding tert-OH is 3. The van der Waals surface area contributed by atoms with Crippen LogP contribution in [0.5, 0.6) is 0 Å². The molecular formula is C21H23N3Na2O9. The SMILES string of the molecule is CC(C)C(=O)N[C@H]1[C@H]([C@H](O)[C@H](O)CO)OC(C(=O)[O-])=C[C@@H]1n1cc2cc[c-]cc2n1.O=C=O.[Na+].[Na+]. The maximum Gasteiger partial charge on any atom is 1.00 e. The Morgan fingerprint density at radius 3 is 2.46 bits per heavy atom. The smallest absolute Gasteiger partial charge is 0.542 e. The van der Waals surface area contributed by atoms with Crippen LogP contribution in [0.1, 0.15) is 19.9 Å². The van der Waals surface area contributed by atoms with E-state index in [1.165, 1.54) is 10.8 Å². The van der Waals surface area contributed by atoms with Gasteiger partial charge in [0.2, 0.25) is 5.91 Å². The van der Waals surface area contributed by atoms with E-state index < -0.39 is 54.6 Å². The van der Waals surface area contributed by atoms with E-state index >= 15 is 0 Å². The molecule has 1 aromatic carbocycles. The maximum atomic E-state index is 12.4. The van der Waals surface area contributed by atoms with Gasteiger partial charge in [-0.25, -0.2) is 5.10 Å². The number of benzene rings is 1. The fourth-order valence-corrected chi connectivity index (χ4v) is 3.25. The summed E-state index contributed by atoms with van der Waals surface area (Å²) in [6.45, 7) is 2.55. The summed E-state index contributed by atoms with van der Waals surface area (Å²) in [7, 11) is 0. The molecule has 14 heteroatoms. The van der Waals surface area contributed by atoms with Crippen molar-refractivity contribution in [3.05, 3.63) is 42.3 Å². The van der Waals surface area contributed by atoms with E-state index in [0.29, 0.717) is 5.52 Å². The van der Waals surface area contributed by atoms with Gasteiger partial charge in [0.15, 0.2) is 0 Å². The van der Waals surface area contributed by atoms with Gasteiger partial charge in [0.25, 0.3) is 0 Å². The van der Waals surface area contributed by atoms with Crippen LogP contribution in [0.15, 0.2) is 36.2 Å². The molecule has 178 valence electrons. The minimum Gasteiger partial charge on any atom is -0.542 e. The Kier molecular flexibility index (Phi) is 14.8. The topological polar surface area (TPSA) is 191 Å². The number of nitrogens with one attached hydrogen (secondary N) is 1. The van der Waals surface area contributed by atoms with Gasteiger partial charge in [-0.05, 0) is 11.6 Å². The quantitative estimate of drug-likeness (QED) is 0.207. The zero-order valence-electron chi connectivity index (χ0n) is 19.7. The van der Waals surface area contributed by atoms with E-state index in [4.69, 9.17) is 14.3 Å². The number of nitrogens with zero attached hydrogens (tertiary/aromatic N) is 2. The van der Waals surface area contributed by atoms with Crippen molar-refractivity contribution in [2.45, 2.75) is 44.2 Å². The van der Waals surface area contributed by atoms with Crippen LogP contribution in [-0.2, 0) is 23.9 Å². The second-order valence-corrected chi connectivity index (χ2v) is 7.50. The van der Waals surface area contributed by atoms with E-state index in [0.717, 1.165) is 5.39 Å². The van der Waals surface area contributed by atoms with Gasteiger partial charge in [0.1, 0.15) is 30.0 Å². The maximum absolute atomic E-state index is 12.4. The van der Waals surface area contributed by atoms with E-state index in [9.17, 15) is 30.0 Å². The molecule has 0 saturated carbocycles. The first kappa shape index (κ1) is 33.4. The normalized spacial score (nSPS) is 20.4. The first-order valence-corrected chi connectivity index (χ1v) is 9.86. The Hall–Kier alpha value is -1.57. The summed E-state index contributed by atoms with van der Waals surface area (Å²) in [6.07, 6.45) is -1.58. The van der Waals surface area contributed by atoms with Gasteiger partial charge in [-0.3, -0.25) is 9.48 Å². The number of aromatic nitrogens is 2. The minimum atomic E-state index is -1.70. The fraction of sp³-hybridized carbons (Fsp3) is 0.429. The Labute approximate surface area is 244 Å². The summed E-state index contributed by atoms with van der Waals surface area (Å²) < 4.78 is 6.81. The molecule has 0 unspecified atom stereocenters. The molecule has 3 rings (SSSR count). The molecule has 0 radical (unpaired) electrons. The molecule has 2 heterocycles. The number of fused-ring (bicyclic) bond motifs is 1. The third-order valence-corrected chi connectivity index (χ3v) is 4.93. The van der Waals surface area contributed by atoms with Crippen LogP contribution in [0.2, 0.25) is 0 Å². The molecule has 0 spiro atoms. The number of carbonyl (C=O) groups excluding carboxylic acids is 4. The average Bonchev–Trinajstić information content (AvgIpc) is 3.22. The third-order valence-electron chi connectivity index (χ3n) is 4.93. The van der Waals surface area contributed by atoms with Crippen molar-refractivity contribution in [3.8, 4) is 0 Å². The number of hydrogen-bond acceptors (Lipinski definition) is 10. The van der Waals surface area contributed by atoms with E-state index in [2.05, 4.69) is 16.5 Å². The van der Waals surface area contributed by atoms with Crippen molar-refractivity contribution in [1.29, 1.82) is 0 Å². The second kappa shape index (κ2) is 15.5. The number of carbonyl (C=O) groups is 2. The number of carboxylic acid groups (broad SMARTS) is 1. The van der Waals surface area contributed by atoms with Gasteiger partial charge >= 0.3 is 65.3 Å². The standard InChI is InChI=1S/C20H24N3O7.CO2.2Na/c1-10(2)19(27)21-16-13(23-8-11-5-3-4-6-12(11)22-23)7-15(20(28)29)30-18(16)17(26)14(25)9-24;2-1-3;;/h3,5-8,10,13-14,16-18,24-26H,9H2,1-2H3,(H,21,27)(H,28,29);;;/q-1;;2*+1/p-1/t13-,14+,16+,17+,18+;;;/m0.../s1. The molecule has 1 amide bonds. The first-order valence-electron chi connectivity index (χ1n) is 9.86. The van der Waals surface area contributed by atoms with Crippen molar-refractivity contribution in [1.82, 2.24) is 15.1 Å². The monoisotopic (exact) mass is 507 g/mol. The molecule has 0 saturated heterocycles. The molecule has 0 fully saturated rings. The largest absolute Gasteiger partial charge is 1.00 e. The number of rotatable bonds is 7. The van der Waals surface area contributed by atoms with Crippen molar-refractivity contribution in [2.24, 2.45) is 5.92 Å². The average molecular weight is 507 g/mol. The van der Waals surface area contributed by atoms with Gasteiger partial charge in [-0.15, -0.1) is 6.07 Å². The van der Waals surface area contributed by atoms with Gasteiger partial charge in [-0.2, -0.15) is 27.8 Å². The van der Waals surface area contributed by atoms with Crippen molar-refractivity contribution in [2.75, 3.05) is 6.61 Å². The summed E-state index contributed by atoms with van der Waals surface area (Å²) >= 11 is 0. The van der Waals surface area contributed by atoms with Crippen LogP contribution in [-0.4, -0.2) is 74.1 Å². The van der Waals surface area contributed by atoms with E-state index in [1.807, 2.05) is 0 Å². The fourth-order valence-electron chi connectivity index (χ4n) is 3.25. The zero-order valence-corrected chi connectivity index (χ0v) is 23.7. The molecule has 1 aliphatic rings. The van der Waals surface area contributed by atoms with Gasteiger partial charge in [0, 0.05) is 12.1 Å². The van der Waals surface area contributed by atoms with Gasteiger partial charge < -0.3 is 35.3 Å². The Bertz CT molecular complexity index is 1020. The molecule has 5 atom stereocenters. The minimum absolute atomic E-state index is 0. The molecule has 2 aromatic rings. The number of carboxylic acids is 1. The molecule has 1 aliphatic heterocycles. The Balaban J connectivity index is 0.00000220. The molecule has 0 bridgehead atoms.